The van der Waals surface area contributed by atoms with E-state index in [4.69, 9.17) is 9.47 Å². The number of hydrogen-bond acceptors (Lipinski definition) is 4. The van der Waals surface area contributed by atoms with Crippen molar-refractivity contribution in [2.75, 3.05) is 12.4 Å². The molecule has 1 aliphatic carbocycles. The SMILES string of the molecule is COc1ccc(NC2CC(NC(=O)OC(C)(C)C)C2)c(C)c1. The normalized spacial score (nSPS) is 20.8. The van der Waals surface area contributed by atoms with Crippen molar-refractivity contribution in [1.82, 2.24) is 5.32 Å². The summed E-state index contributed by atoms with van der Waals surface area (Å²) in [6, 6.07) is 6.56. The van der Waals surface area contributed by atoms with Crippen molar-refractivity contribution in [3.8, 4) is 5.75 Å². The number of anilines is 1. The van der Waals surface area contributed by atoms with Crippen molar-refractivity contribution < 1.29 is 14.3 Å². The number of nitrogens with one attached hydrogen (secondary N) is 2. The highest BCUT2D eigenvalue weighted by molar-refractivity contribution is 5.68. The van der Waals surface area contributed by atoms with Gasteiger partial charge < -0.3 is 20.1 Å². The third kappa shape index (κ3) is 4.55. The van der Waals surface area contributed by atoms with E-state index in [0.717, 1.165) is 29.8 Å². The average molecular weight is 306 g/mol. The Bertz CT molecular complexity index is 531. The predicted molar refractivity (Wildman–Crippen MR) is 87.5 cm³/mol. The first-order chi connectivity index (χ1) is 10.3. The predicted octanol–water partition coefficient (Wildman–Crippen LogP) is 3.47. The van der Waals surface area contributed by atoms with E-state index in [1.165, 1.54) is 0 Å². The first kappa shape index (κ1) is 16.5. The smallest absolute Gasteiger partial charge is 0.407 e. The van der Waals surface area contributed by atoms with Crippen LogP contribution in [0.25, 0.3) is 0 Å². The summed E-state index contributed by atoms with van der Waals surface area (Å²) in [6.07, 6.45) is 1.48. The maximum atomic E-state index is 11.7. The fourth-order valence-electron chi connectivity index (χ4n) is 2.47. The summed E-state index contributed by atoms with van der Waals surface area (Å²) in [5.41, 5.74) is 1.82. The van der Waals surface area contributed by atoms with E-state index in [9.17, 15) is 4.79 Å². The molecular weight excluding hydrogens is 280 g/mol. The Morgan fingerprint density at radius 2 is 1.91 bits per heavy atom. The van der Waals surface area contributed by atoms with E-state index < -0.39 is 5.60 Å². The molecule has 2 N–H and O–H groups in total. The van der Waals surface area contributed by atoms with Crippen LogP contribution in [0, 0.1) is 6.92 Å². The Balaban J connectivity index is 1.77. The van der Waals surface area contributed by atoms with E-state index in [0.29, 0.717) is 6.04 Å². The number of amides is 1. The summed E-state index contributed by atoms with van der Waals surface area (Å²) >= 11 is 0. The number of hydrogen-bond donors (Lipinski definition) is 2. The molecule has 0 saturated heterocycles. The number of carbonyl (C=O) groups is 1. The second-order valence-electron chi connectivity index (χ2n) is 6.84. The second kappa shape index (κ2) is 6.46. The number of carbonyl (C=O) groups excluding carboxylic acids is 1. The zero-order chi connectivity index (χ0) is 16.3. The lowest BCUT2D eigenvalue weighted by atomic mass is 9.86. The number of methoxy groups -OCH3 is 1. The van der Waals surface area contributed by atoms with Crippen LogP contribution in [0.1, 0.15) is 39.2 Å². The minimum atomic E-state index is -0.453. The highest BCUT2D eigenvalue weighted by atomic mass is 16.6. The first-order valence-electron chi connectivity index (χ1n) is 7.67. The molecule has 0 atom stereocenters. The lowest BCUT2D eigenvalue weighted by molar-refractivity contribution is 0.0475. The van der Waals surface area contributed by atoms with Gasteiger partial charge in [0.15, 0.2) is 0 Å². The topological polar surface area (TPSA) is 59.6 Å². The van der Waals surface area contributed by atoms with Crippen molar-refractivity contribution in [3.63, 3.8) is 0 Å². The largest absolute Gasteiger partial charge is 0.497 e. The standard InChI is InChI=1S/C17H26N2O3/c1-11-8-14(21-5)6-7-15(11)18-12-9-13(10-12)19-16(20)22-17(2,3)4/h6-8,12-13,18H,9-10H2,1-5H3,(H,19,20). The van der Waals surface area contributed by atoms with Crippen molar-refractivity contribution >= 4 is 11.8 Å². The Hall–Kier alpha value is -1.91. The van der Waals surface area contributed by atoms with Crippen LogP contribution in [-0.4, -0.2) is 30.9 Å². The molecular formula is C17H26N2O3. The Morgan fingerprint density at radius 1 is 1.23 bits per heavy atom. The van der Waals surface area contributed by atoms with Crippen LogP contribution in [0.4, 0.5) is 10.5 Å². The molecule has 1 aromatic carbocycles. The van der Waals surface area contributed by atoms with Gasteiger partial charge in [0, 0.05) is 17.8 Å². The van der Waals surface area contributed by atoms with E-state index in [2.05, 4.69) is 17.6 Å². The van der Waals surface area contributed by atoms with Crippen LogP contribution in [0.15, 0.2) is 18.2 Å². The molecule has 1 fully saturated rings. The molecule has 0 aromatic heterocycles. The lowest BCUT2D eigenvalue weighted by Gasteiger charge is -2.37. The van der Waals surface area contributed by atoms with Gasteiger partial charge in [-0.15, -0.1) is 0 Å². The van der Waals surface area contributed by atoms with Gasteiger partial charge in [-0.05, 0) is 64.3 Å². The maximum Gasteiger partial charge on any atom is 0.407 e. The summed E-state index contributed by atoms with van der Waals surface area (Å²) in [4.78, 5) is 11.7. The van der Waals surface area contributed by atoms with Gasteiger partial charge in [-0.1, -0.05) is 0 Å². The summed E-state index contributed by atoms with van der Waals surface area (Å²) in [6.45, 7) is 7.65. The van der Waals surface area contributed by atoms with Gasteiger partial charge in [0.25, 0.3) is 0 Å². The maximum absolute atomic E-state index is 11.7. The summed E-state index contributed by atoms with van der Waals surface area (Å²) < 4.78 is 10.5. The Kier molecular flexibility index (Phi) is 4.84. The van der Waals surface area contributed by atoms with Crippen molar-refractivity contribution in [2.45, 2.75) is 58.2 Å². The van der Waals surface area contributed by atoms with Crippen LogP contribution >= 0.6 is 0 Å². The molecule has 0 aliphatic heterocycles. The zero-order valence-corrected chi connectivity index (χ0v) is 14.0. The number of ether oxygens (including phenoxy) is 2. The summed E-state index contributed by atoms with van der Waals surface area (Å²) in [5, 5.41) is 6.40. The average Bonchev–Trinajstić information content (AvgIpc) is 2.35. The van der Waals surface area contributed by atoms with Crippen LogP contribution in [0.5, 0.6) is 5.75 Å². The third-order valence-corrected chi connectivity index (χ3v) is 3.65. The van der Waals surface area contributed by atoms with Gasteiger partial charge in [0.1, 0.15) is 11.4 Å². The van der Waals surface area contributed by atoms with Gasteiger partial charge in [-0.2, -0.15) is 0 Å². The van der Waals surface area contributed by atoms with Crippen molar-refractivity contribution in [2.24, 2.45) is 0 Å². The highest BCUT2D eigenvalue weighted by Gasteiger charge is 2.31. The van der Waals surface area contributed by atoms with Gasteiger partial charge >= 0.3 is 6.09 Å². The zero-order valence-electron chi connectivity index (χ0n) is 14.0. The van der Waals surface area contributed by atoms with E-state index in [-0.39, 0.29) is 12.1 Å². The van der Waals surface area contributed by atoms with Gasteiger partial charge in [-0.25, -0.2) is 4.79 Å². The van der Waals surface area contributed by atoms with Crippen LogP contribution in [0.3, 0.4) is 0 Å². The highest BCUT2D eigenvalue weighted by Crippen LogP contribution is 2.28. The van der Waals surface area contributed by atoms with Crippen molar-refractivity contribution in [3.05, 3.63) is 23.8 Å². The lowest BCUT2D eigenvalue weighted by Crippen LogP contribution is -2.50. The fraction of sp³-hybridized carbons (Fsp3) is 0.588. The third-order valence-electron chi connectivity index (χ3n) is 3.65. The monoisotopic (exact) mass is 306 g/mol. The molecule has 22 heavy (non-hydrogen) atoms. The molecule has 2 rings (SSSR count). The number of alkyl carbamates (subject to hydrolysis) is 1. The Labute approximate surface area is 132 Å². The number of aryl methyl sites for hydroxylation is 1. The molecule has 122 valence electrons. The second-order valence-corrected chi connectivity index (χ2v) is 6.84. The van der Waals surface area contributed by atoms with Gasteiger partial charge in [0.2, 0.25) is 0 Å². The minimum absolute atomic E-state index is 0.186. The van der Waals surface area contributed by atoms with E-state index >= 15 is 0 Å². The molecule has 1 saturated carbocycles. The van der Waals surface area contributed by atoms with E-state index in [1.54, 1.807) is 7.11 Å². The van der Waals surface area contributed by atoms with Crippen molar-refractivity contribution in [1.29, 1.82) is 0 Å². The molecule has 1 aromatic rings. The quantitative estimate of drug-likeness (QED) is 0.894. The molecule has 5 nitrogen and oxygen atoms in total. The van der Waals surface area contributed by atoms with Crippen LogP contribution in [-0.2, 0) is 4.74 Å². The van der Waals surface area contributed by atoms with Crippen LogP contribution < -0.4 is 15.4 Å². The molecule has 0 spiro atoms. The minimum Gasteiger partial charge on any atom is -0.497 e. The fourth-order valence-corrected chi connectivity index (χ4v) is 2.47. The van der Waals surface area contributed by atoms with Crippen LogP contribution in [0.2, 0.25) is 0 Å². The number of rotatable bonds is 4. The molecule has 1 aliphatic rings. The van der Waals surface area contributed by atoms with Gasteiger partial charge in [0.05, 0.1) is 7.11 Å². The van der Waals surface area contributed by atoms with E-state index in [1.807, 2.05) is 39.0 Å². The first-order valence-corrected chi connectivity index (χ1v) is 7.67. The molecule has 0 heterocycles. The molecule has 5 heteroatoms. The summed E-state index contributed by atoms with van der Waals surface area (Å²) in [5.74, 6) is 0.862. The van der Waals surface area contributed by atoms with Gasteiger partial charge in [-0.3, -0.25) is 0 Å². The molecule has 1 amide bonds. The number of benzene rings is 1. The molecule has 0 bridgehead atoms. The summed E-state index contributed by atoms with van der Waals surface area (Å²) in [7, 11) is 1.67. The molecule has 0 radical (unpaired) electrons. The molecule has 0 unspecified atom stereocenters. The Morgan fingerprint density at radius 3 is 2.45 bits per heavy atom.